The number of hydrazone groups is 1. The van der Waals surface area contributed by atoms with E-state index in [2.05, 4.69) is 20.8 Å². The van der Waals surface area contributed by atoms with Gasteiger partial charge in [0.25, 0.3) is 5.91 Å². The molecule has 0 saturated carbocycles. The van der Waals surface area contributed by atoms with E-state index < -0.39 is 6.04 Å². The van der Waals surface area contributed by atoms with E-state index in [4.69, 9.17) is 0 Å². The quantitative estimate of drug-likeness (QED) is 0.484. The first kappa shape index (κ1) is 16.9. The lowest BCUT2D eigenvalue weighted by Gasteiger charge is -2.11. The first-order chi connectivity index (χ1) is 12.0. The third kappa shape index (κ3) is 4.13. The molecule has 6 nitrogen and oxygen atoms in total. The van der Waals surface area contributed by atoms with Gasteiger partial charge in [0, 0.05) is 0 Å². The molecule has 0 saturated heterocycles. The van der Waals surface area contributed by atoms with E-state index in [9.17, 15) is 9.90 Å². The summed E-state index contributed by atoms with van der Waals surface area (Å²) in [6.07, 6.45) is 0. The van der Waals surface area contributed by atoms with Crippen LogP contribution in [0.4, 0.5) is 5.13 Å². The van der Waals surface area contributed by atoms with Crippen LogP contribution in [-0.2, 0) is 4.79 Å². The Labute approximate surface area is 149 Å². The molecule has 1 heterocycles. The van der Waals surface area contributed by atoms with Gasteiger partial charge in [-0.1, -0.05) is 23.5 Å². The van der Waals surface area contributed by atoms with Crippen molar-refractivity contribution in [2.75, 3.05) is 5.32 Å². The number of thiazole rings is 1. The van der Waals surface area contributed by atoms with Crippen LogP contribution in [0.2, 0.25) is 0 Å². The van der Waals surface area contributed by atoms with Crippen LogP contribution in [0.3, 0.4) is 0 Å². The lowest BCUT2D eigenvalue weighted by Crippen LogP contribution is -2.35. The fourth-order valence-corrected chi connectivity index (χ4v) is 3.14. The Morgan fingerprint density at radius 2 is 1.92 bits per heavy atom. The molecule has 25 heavy (non-hydrogen) atoms. The van der Waals surface area contributed by atoms with Gasteiger partial charge >= 0.3 is 0 Å². The van der Waals surface area contributed by atoms with Gasteiger partial charge in [0.1, 0.15) is 11.8 Å². The van der Waals surface area contributed by atoms with Crippen molar-refractivity contribution in [3.8, 4) is 5.75 Å². The van der Waals surface area contributed by atoms with Crippen LogP contribution in [0.1, 0.15) is 19.4 Å². The van der Waals surface area contributed by atoms with E-state index in [1.807, 2.05) is 24.3 Å². The van der Waals surface area contributed by atoms with Gasteiger partial charge in [-0.3, -0.25) is 4.79 Å². The largest absolute Gasteiger partial charge is 0.508 e. The molecule has 1 atom stereocenters. The Morgan fingerprint density at radius 1 is 1.20 bits per heavy atom. The second kappa shape index (κ2) is 7.31. The van der Waals surface area contributed by atoms with Gasteiger partial charge in [0.05, 0.1) is 15.9 Å². The Bertz CT molecular complexity index is 885. The maximum absolute atomic E-state index is 12.2. The average Bonchev–Trinajstić information content (AvgIpc) is 3.02. The van der Waals surface area contributed by atoms with Crippen molar-refractivity contribution in [3.05, 3.63) is 54.1 Å². The number of nitrogens with one attached hydrogen (secondary N) is 2. The molecular weight excluding hydrogens is 336 g/mol. The van der Waals surface area contributed by atoms with Crippen molar-refractivity contribution < 1.29 is 9.90 Å². The number of para-hydroxylation sites is 1. The number of nitrogens with zero attached hydrogens (tertiary/aromatic N) is 2. The van der Waals surface area contributed by atoms with Crippen LogP contribution in [0.25, 0.3) is 10.2 Å². The predicted octanol–water partition coefficient (Wildman–Crippen LogP) is 3.34. The number of anilines is 1. The lowest BCUT2D eigenvalue weighted by molar-refractivity contribution is -0.121. The smallest absolute Gasteiger partial charge is 0.262 e. The maximum atomic E-state index is 12.2. The summed E-state index contributed by atoms with van der Waals surface area (Å²) in [6, 6.07) is 14.0. The zero-order valence-electron chi connectivity index (χ0n) is 13.9. The van der Waals surface area contributed by atoms with Crippen LogP contribution in [-0.4, -0.2) is 27.8 Å². The Kier molecular flexibility index (Phi) is 4.95. The van der Waals surface area contributed by atoms with E-state index in [1.165, 1.54) is 11.3 Å². The van der Waals surface area contributed by atoms with Crippen LogP contribution in [0.5, 0.6) is 5.75 Å². The highest BCUT2D eigenvalue weighted by atomic mass is 32.1. The molecule has 1 aromatic heterocycles. The number of aromatic hydroxyl groups is 1. The summed E-state index contributed by atoms with van der Waals surface area (Å²) < 4.78 is 1.07. The van der Waals surface area contributed by atoms with Gasteiger partial charge in [-0.05, 0) is 55.8 Å². The summed E-state index contributed by atoms with van der Waals surface area (Å²) in [5.41, 5.74) is 4.93. The number of aromatic nitrogens is 1. The molecule has 3 N–H and O–H groups in total. The van der Waals surface area contributed by atoms with Gasteiger partial charge in [-0.2, -0.15) is 5.10 Å². The molecular formula is C18H18N4O2S. The third-order valence-corrected chi connectivity index (χ3v) is 4.61. The number of rotatable bonds is 5. The van der Waals surface area contributed by atoms with Crippen LogP contribution in [0.15, 0.2) is 53.6 Å². The summed E-state index contributed by atoms with van der Waals surface area (Å²) >= 11 is 1.50. The van der Waals surface area contributed by atoms with E-state index in [1.54, 1.807) is 38.1 Å². The third-order valence-electron chi connectivity index (χ3n) is 3.65. The van der Waals surface area contributed by atoms with E-state index >= 15 is 0 Å². The highest BCUT2D eigenvalue weighted by Gasteiger charge is 2.14. The number of phenolic OH excluding ortho intramolecular Hbond substituents is 1. The first-order valence-electron chi connectivity index (χ1n) is 7.78. The van der Waals surface area contributed by atoms with Gasteiger partial charge < -0.3 is 10.4 Å². The van der Waals surface area contributed by atoms with Crippen molar-refractivity contribution in [1.82, 2.24) is 10.4 Å². The fourth-order valence-electron chi connectivity index (χ4n) is 2.19. The Balaban J connectivity index is 1.62. The molecule has 0 aliphatic carbocycles. The van der Waals surface area contributed by atoms with E-state index in [0.29, 0.717) is 10.8 Å². The second-order valence-corrected chi connectivity index (χ2v) is 6.60. The van der Waals surface area contributed by atoms with Gasteiger partial charge in [0.2, 0.25) is 0 Å². The number of carbonyl (C=O) groups excluding carboxylic acids is 1. The zero-order chi connectivity index (χ0) is 17.8. The fraction of sp³-hybridized carbons (Fsp3) is 0.167. The van der Waals surface area contributed by atoms with Gasteiger partial charge in [0.15, 0.2) is 5.13 Å². The number of amides is 1. The molecule has 0 aliphatic heterocycles. The standard InChI is InChI=1S/C18H18N4O2S/c1-11(13-7-9-14(23)10-8-13)21-22-17(24)12(2)19-18-20-15-5-3-4-6-16(15)25-18/h3-10,12,23H,1-2H3,(H,19,20)(H,22,24)/b21-11+/t12-/m1/s1. The molecule has 0 spiro atoms. The summed E-state index contributed by atoms with van der Waals surface area (Å²) in [7, 11) is 0. The highest BCUT2D eigenvalue weighted by molar-refractivity contribution is 7.22. The predicted molar refractivity (Wildman–Crippen MR) is 101 cm³/mol. The van der Waals surface area contributed by atoms with Crippen LogP contribution >= 0.6 is 11.3 Å². The summed E-state index contributed by atoms with van der Waals surface area (Å²) in [4.78, 5) is 16.7. The van der Waals surface area contributed by atoms with Gasteiger partial charge in [-0.25, -0.2) is 10.4 Å². The Hall–Kier alpha value is -2.93. The number of benzene rings is 2. The molecule has 0 radical (unpaired) electrons. The normalized spacial score (nSPS) is 12.8. The molecule has 0 aliphatic rings. The Morgan fingerprint density at radius 3 is 2.64 bits per heavy atom. The minimum absolute atomic E-state index is 0.189. The van der Waals surface area contributed by atoms with Crippen molar-refractivity contribution in [3.63, 3.8) is 0 Å². The number of phenols is 1. The van der Waals surface area contributed by atoms with Crippen molar-refractivity contribution >= 4 is 38.3 Å². The summed E-state index contributed by atoms with van der Waals surface area (Å²) in [5.74, 6) is -0.0633. The summed E-state index contributed by atoms with van der Waals surface area (Å²) in [5, 5.41) is 17.2. The number of fused-ring (bicyclic) bond motifs is 1. The minimum Gasteiger partial charge on any atom is -0.508 e. The average molecular weight is 354 g/mol. The molecule has 0 unspecified atom stereocenters. The zero-order valence-corrected chi connectivity index (χ0v) is 14.7. The highest BCUT2D eigenvalue weighted by Crippen LogP contribution is 2.25. The van der Waals surface area contributed by atoms with Gasteiger partial charge in [-0.15, -0.1) is 0 Å². The van der Waals surface area contributed by atoms with Crippen LogP contribution < -0.4 is 10.7 Å². The molecule has 0 fully saturated rings. The molecule has 128 valence electrons. The molecule has 1 amide bonds. The van der Waals surface area contributed by atoms with Crippen LogP contribution in [0, 0.1) is 0 Å². The molecule has 3 rings (SSSR count). The SMILES string of the molecule is C/C(=N\NC(=O)[C@@H](C)Nc1nc2ccccc2s1)c1ccc(O)cc1. The molecule has 3 aromatic rings. The summed E-state index contributed by atoms with van der Waals surface area (Å²) in [6.45, 7) is 3.55. The maximum Gasteiger partial charge on any atom is 0.262 e. The number of carbonyl (C=O) groups is 1. The topological polar surface area (TPSA) is 86.6 Å². The van der Waals surface area contributed by atoms with E-state index in [0.717, 1.165) is 15.8 Å². The van der Waals surface area contributed by atoms with E-state index in [-0.39, 0.29) is 11.7 Å². The van der Waals surface area contributed by atoms with Crippen molar-refractivity contribution in [2.45, 2.75) is 19.9 Å². The second-order valence-electron chi connectivity index (χ2n) is 5.57. The van der Waals surface area contributed by atoms with Crippen molar-refractivity contribution in [2.24, 2.45) is 5.10 Å². The minimum atomic E-state index is -0.475. The number of hydrogen-bond acceptors (Lipinski definition) is 6. The lowest BCUT2D eigenvalue weighted by atomic mass is 10.1. The first-order valence-corrected chi connectivity index (χ1v) is 8.60. The molecule has 2 aromatic carbocycles. The molecule has 7 heteroatoms. The van der Waals surface area contributed by atoms with Crippen molar-refractivity contribution in [1.29, 1.82) is 0 Å². The number of hydrogen-bond donors (Lipinski definition) is 3. The molecule has 0 bridgehead atoms. The monoisotopic (exact) mass is 354 g/mol.